The molecule has 3 N–H and O–H groups in total. The van der Waals surface area contributed by atoms with Crippen LogP contribution in [-0.2, 0) is 30.3 Å². The minimum Gasteiger partial charge on any atom is -0.744 e. The molecule has 0 unspecified atom stereocenters. The molecule has 2 aromatic carbocycles. The Hall–Kier alpha value is -0.560. The first-order valence-corrected chi connectivity index (χ1v) is 14.4. The molecule has 0 spiro atoms. The van der Waals surface area contributed by atoms with Crippen molar-refractivity contribution in [3.05, 3.63) is 47.5 Å². The molecule has 3 rings (SSSR count). The number of hydrogen-bond donors (Lipinski definition) is 3. The topological polar surface area (TPSA) is 185 Å². The van der Waals surface area contributed by atoms with Crippen molar-refractivity contribution in [2.24, 2.45) is 0 Å². The summed E-state index contributed by atoms with van der Waals surface area (Å²) >= 11 is 4.94. The van der Waals surface area contributed by atoms with Crippen LogP contribution in [0.4, 0.5) is 11.4 Å². The van der Waals surface area contributed by atoms with Crippen molar-refractivity contribution in [3.8, 4) is 0 Å². The van der Waals surface area contributed by atoms with Crippen LogP contribution in [0.15, 0.2) is 46.2 Å². The fraction of sp³-hybridized carbons (Fsp3) is 0.211. The van der Waals surface area contributed by atoms with E-state index >= 15 is 0 Å². The van der Waals surface area contributed by atoms with Crippen LogP contribution in [-0.4, -0.2) is 51.8 Å². The van der Waals surface area contributed by atoms with Gasteiger partial charge in [0.25, 0.3) is 0 Å². The van der Waals surface area contributed by atoms with Gasteiger partial charge < -0.3 is 19.7 Å². The van der Waals surface area contributed by atoms with E-state index in [4.69, 9.17) is 12.2 Å². The van der Waals surface area contributed by atoms with E-state index in [1.807, 2.05) is 0 Å². The van der Waals surface area contributed by atoms with Crippen LogP contribution in [0.5, 0.6) is 0 Å². The maximum absolute atomic E-state index is 12.1. The molecule has 1 saturated carbocycles. The van der Waals surface area contributed by atoms with Gasteiger partial charge in [0.2, 0.25) is 10.0 Å². The number of benzene rings is 2. The van der Waals surface area contributed by atoms with Crippen LogP contribution in [0.1, 0.15) is 24.0 Å². The number of anilines is 2. The Labute approximate surface area is 259 Å². The normalized spacial score (nSPS) is 13.9. The van der Waals surface area contributed by atoms with Gasteiger partial charge in [0, 0.05) is 18.4 Å². The van der Waals surface area contributed by atoms with Gasteiger partial charge in [-0.2, -0.15) is 0 Å². The Morgan fingerprint density at radius 2 is 1.31 bits per heavy atom. The molecule has 17 heteroatoms. The Balaban J connectivity index is 0.00000324. The summed E-state index contributed by atoms with van der Waals surface area (Å²) in [5, 5.41) is 4.94. The zero-order valence-electron chi connectivity index (χ0n) is 19.5. The molecule has 0 amide bonds. The molecule has 0 radical (unpaired) electrons. The van der Waals surface area contributed by atoms with E-state index in [0.717, 1.165) is 24.3 Å². The molecule has 0 atom stereocenters. The monoisotopic (exact) mass is 591 g/mol. The second kappa shape index (κ2) is 13.0. The molecule has 36 heavy (non-hydrogen) atoms. The summed E-state index contributed by atoms with van der Waals surface area (Å²) in [4.78, 5) is -1.32. The first-order valence-electron chi connectivity index (χ1n) is 9.59. The summed E-state index contributed by atoms with van der Waals surface area (Å²) < 4.78 is 97.1. The Kier molecular flexibility index (Phi) is 12.1. The predicted octanol–water partition coefficient (Wildman–Crippen LogP) is -4.51. The van der Waals surface area contributed by atoms with E-state index < -0.39 is 45.3 Å². The molecule has 0 aliphatic heterocycles. The second-order valence-electron chi connectivity index (χ2n) is 7.30. The van der Waals surface area contributed by atoms with Gasteiger partial charge in [0.15, 0.2) is 5.11 Å². The van der Waals surface area contributed by atoms with Gasteiger partial charge in [-0.3, -0.25) is 4.72 Å². The Bertz CT molecular complexity index is 1490. The molecule has 11 nitrogen and oxygen atoms in total. The van der Waals surface area contributed by atoms with Gasteiger partial charge in [0.1, 0.15) is 20.2 Å². The van der Waals surface area contributed by atoms with Crippen molar-refractivity contribution in [2.75, 3.05) is 17.1 Å². The molecule has 184 valence electrons. The summed E-state index contributed by atoms with van der Waals surface area (Å²) in [6.07, 6.45) is 3.27. The first-order chi connectivity index (χ1) is 15.7. The summed E-state index contributed by atoms with van der Waals surface area (Å²) in [6.45, 7) is 0. The smallest absolute Gasteiger partial charge is 0.744 e. The number of nitrogens with one attached hydrogen (secondary N) is 3. The number of sulfonamides is 1. The van der Waals surface area contributed by atoms with Crippen LogP contribution in [0, 0.1) is 0 Å². The molecule has 1 fully saturated rings. The summed E-state index contributed by atoms with van der Waals surface area (Å²) in [5.41, 5.74) is -0.0702. The SMILES string of the molecule is CNC(=S)Nc1ccc(C=Cc2ccc(NS(=O)(=O)C3CC3)cc2S(=O)(=O)[O-])c(S(=O)(=O)[O-])c1.[Na+].[Na+]. The summed E-state index contributed by atoms with van der Waals surface area (Å²) in [6, 6.07) is 7.15. The van der Waals surface area contributed by atoms with E-state index in [2.05, 4.69) is 15.4 Å². The summed E-state index contributed by atoms with van der Waals surface area (Å²) in [5.74, 6) is 0. The third-order valence-electron chi connectivity index (χ3n) is 4.72. The molecular weight excluding hydrogens is 572 g/mol. The van der Waals surface area contributed by atoms with E-state index in [0.29, 0.717) is 12.8 Å². The Morgan fingerprint density at radius 3 is 1.72 bits per heavy atom. The van der Waals surface area contributed by atoms with Crippen molar-refractivity contribution >= 4 is 71.1 Å². The zero-order valence-corrected chi connectivity index (χ0v) is 26.8. The average molecular weight is 592 g/mol. The zero-order chi connectivity index (χ0) is 25.3. The molecule has 0 saturated heterocycles. The first kappa shape index (κ1) is 33.5. The summed E-state index contributed by atoms with van der Waals surface area (Å²) in [7, 11) is -12.1. The fourth-order valence-corrected chi connectivity index (χ4v) is 5.81. The number of thiocarbonyl (C=S) groups is 1. The third kappa shape index (κ3) is 9.03. The Morgan fingerprint density at radius 1 is 0.861 bits per heavy atom. The standard InChI is InChI=1S/C19H21N3O8S4.2Na/c1-20-19(31)21-14-6-4-12(17(10-14)33(25,26)27)2-3-13-5-7-15(11-18(13)34(28,29)30)22-32(23,24)16-8-9-16;;/h2-7,10-11,16,22H,8-9H2,1H3,(H2,20,21,31)(H,25,26,27)(H,28,29,30);;/q;2*+1/p-2. The van der Waals surface area contributed by atoms with Crippen LogP contribution >= 0.6 is 12.2 Å². The maximum Gasteiger partial charge on any atom is 1.00 e. The minimum atomic E-state index is -5.03. The molecule has 0 aromatic heterocycles. The average Bonchev–Trinajstić information content (AvgIpc) is 3.58. The molecule has 0 heterocycles. The largest absolute Gasteiger partial charge is 1.00 e. The van der Waals surface area contributed by atoms with Crippen molar-refractivity contribution in [1.82, 2.24) is 5.32 Å². The molecule has 1 aliphatic carbocycles. The van der Waals surface area contributed by atoms with Gasteiger partial charge in [-0.05, 0) is 60.5 Å². The van der Waals surface area contributed by atoms with Gasteiger partial charge in [-0.1, -0.05) is 24.3 Å². The molecule has 1 aliphatic rings. The van der Waals surface area contributed by atoms with E-state index in [1.165, 1.54) is 24.3 Å². The minimum absolute atomic E-state index is 0. The van der Waals surface area contributed by atoms with Crippen LogP contribution in [0.2, 0.25) is 0 Å². The molecule has 0 bridgehead atoms. The number of hydrogen-bond acceptors (Lipinski definition) is 9. The van der Waals surface area contributed by atoms with E-state index in [9.17, 15) is 34.4 Å². The van der Waals surface area contributed by atoms with Crippen molar-refractivity contribution in [2.45, 2.75) is 27.9 Å². The third-order valence-corrected chi connectivity index (χ3v) is 8.68. The van der Waals surface area contributed by atoms with Crippen molar-refractivity contribution < 1.29 is 93.5 Å². The molecule has 2 aromatic rings. The van der Waals surface area contributed by atoms with Gasteiger partial charge >= 0.3 is 59.1 Å². The quantitative estimate of drug-likeness (QED) is 0.116. The van der Waals surface area contributed by atoms with Crippen LogP contribution < -0.4 is 74.5 Å². The van der Waals surface area contributed by atoms with Crippen molar-refractivity contribution in [1.29, 1.82) is 0 Å². The number of rotatable bonds is 8. The van der Waals surface area contributed by atoms with Crippen molar-refractivity contribution in [3.63, 3.8) is 0 Å². The maximum atomic E-state index is 12.1. The second-order valence-corrected chi connectivity index (χ2v) is 12.4. The fourth-order valence-electron chi connectivity index (χ4n) is 2.92. The van der Waals surface area contributed by atoms with Gasteiger partial charge in [-0.25, -0.2) is 25.3 Å². The van der Waals surface area contributed by atoms with E-state index in [-0.39, 0.29) is 86.7 Å². The van der Waals surface area contributed by atoms with Gasteiger partial charge in [-0.15, -0.1) is 0 Å². The van der Waals surface area contributed by atoms with Gasteiger partial charge in [0.05, 0.1) is 15.0 Å². The van der Waals surface area contributed by atoms with Crippen LogP contribution in [0.3, 0.4) is 0 Å². The van der Waals surface area contributed by atoms with E-state index in [1.54, 1.807) is 7.05 Å². The molecular formula is C19H19N3Na2O8S4. The van der Waals surface area contributed by atoms with Crippen LogP contribution in [0.25, 0.3) is 12.2 Å². The predicted molar refractivity (Wildman–Crippen MR) is 129 cm³/mol.